The standard InChI is InChI=1S/C15H10Cl3FN2/c1-8(16)15-20-12-4-2-9(17)6-14(12)21(15)13-5-3-10(19)7-11(13)18/h2-8H,1H3. The van der Waals surface area contributed by atoms with Gasteiger partial charge in [-0.3, -0.25) is 4.57 Å². The molecule has 0 aliphatic rings. The van der Waals surface area contributed by atoms with Gasteiger partial charge in [-0.25, -0.2) is 9.37 Å². The molecule has 0 fully saturated rings. The van der Waals surface area contributed by atoms with Crippen LogP contribution < -0.4 is 0 Å². The average Bonchev–Trinajstić information content (AvgIpc) is 2.77. The van der Waals surface area contributed by atoms with E-state index in [1.807, 2.05) is 13.0 Å². The van der Waals surface area contributed by atoms with Gasteiger partial charge in [-0.2, -0.15) is 0 Å². The van der Waals surface area contributed by atoms with Gasteiger partial charge in [0, 0.05) is 5.02 Å². The molecule has 0 aliphatic carbocycles. The van der Waals surface area contributed by atoms with E-state index in [0.717, 1.165) is 11.0 Å². The SMILES string of the molecule is CC(Cl)c1nc2ccc(Cl)cc2n1-c1ccc(F)cc1Cl. The van der Waals surface area contributed by atoms with E-state index < -0.39 is 5.82 Å². The van der Waals surface area contributed by atoms with Crippen molar-refractivity contribution in [3.05, 3.63) is 58.1 Å². The summed E-state index contributed by atoms with van der Waals surface area (Å²) in [6, 6.07) is 9.57. The van der Waals surface area contributed by atoms with Gasteiger partial charge in [0.25, 0.3) is 0 Å². The molecule has 2 aromatic carbocycles. The fraction of sp³-hybridized carbons (Fsp3) is 0.133. The number of alkyl halides is 1. The molecule has 0 saturated carbocycles. The van der Waals surface area contributed by atoms with Crippen LogP contribution in [0, 0.1) is 5.82 Å². The molecule has 21 heavy (non-hydrogen) atoms. The quantitative estimate of drug-likeness (QED) is 0.540. The highest BCUT2D eigenvalue weighted by atomic mass is 35.5. The van der Waals surface area contributed by atoms with Gasteiger partial charge in [0.1, 0.15) is 11.6 Å². The van der Waals surface area contributed by atoms with E-state index in [1.54, 1.807) is 22.8 Å². The van der Waals surface area contributed by atoms with Crippen LogP contribution in [-0.2, 0) is 0 Å². The Bertz CT molecular complexity index is 827. The predicted octanol–water partition coefficient (Wildman–Crippen LogP) is 5.77. The van der Waals surface area contributed by atoms with E-state index in [4.69, 9.17) is 34.8 Å². The second-order valence-corrected chi connectivity index (χ2v) is 6.15. The number of rotatable bonds is 2. The van der Waals surface area contributed by atoms with Crippen LogP contribution in [0.1, 0.15) is 18.1 Å². The Kier molecular flexibility index (Phi) is 3.82. The van der Waals surface area contributed by atoms with Crippen LogP contribution in [0.25, 0.3) is 16.7 Å². The molecule has 108 valence electrons. The minimum absolute atomic E-state index is 0.285. The highest BCUT2D eigenvalue weighted by Gasteiger charge is 2.18. The van der Waals surface area contributed by atoms with E-state index in [9.17, 15) is 4.39 Å². The van der Waals surface area contributed by atoms with Gasteiger partial charge in [0.05, 0.1) is 27.1 Å². The second kappa shape index (κ2) is 5.48. The number of halogens is 4. The van der Waals surface area contributed by atoms with Crippen molar-refractivity contribution in [3.8, 4) is 5.69 Å². The van der Waals surface area contributed by atoms with Gasteiger partial charge < -0.3 is 0 Å². The number of fused-ring (bicyclic) bond motifs is 1. The third kappa shape index (κ3) is 2.61. The Morgan fingerprint density at radius 1 is 1.14 bits per heavy atom. The first-order chi connectivity index (χ1) is 9.97. The maximum absolute atomic E-state index is 13.3. The van der Waals surface area contributed by atoms with Crippen molar-refractivity contribution in [1.29, 1.82) is 0 Å². The first-order valence-corrected chi connectivity index (χ1v) is 7.44. The lowest BCUT2D eigenvalue weighted by molar-refractivity contribution is 0.627. The molecule has 0 spiro atoms. The number of nitrogens with zero attached hydrogens (tertiary/aromatic N) is 2. The Labute approximate surface area is 136 Å². The van der Waals surface area contributed by atoms with Gasteiger partial charge in [-0.1, -0.05) is 23.2 Å². The lowest BCUT2D eigenvalue weighted by atomic mass is 10.2. The fourth-order valence-electron chi connectivity index (χ4n) is 2.25. The Morgan fingerprint density at radius 2 is 1.90 bits per heavy atom. The van der Waals surface area contributed by atoms with Crippen LogP contribution in [-0.4, -0.2) is 9.55 Å². The van der Waals surface area contributed by atoms with Crippen molar-refractivity contribution in [3.63, 3.8) is 0 Å². The van der Waals surface area contributed by atoms with Gasteiger partial charge in [0.2, 0.25) is 0 Å². The van der Waals surface area contributed by atoms with E-state index >= 15 is 0 Å². The van der Waals surface area contributed by atoms with Crippen molar-refractivity contribution in [2.75, 3.05) is 0 Å². The molecule has 1 unspecified atom stereocenters. The number of hydrogen-bond donors (Lipinski definition) is 0. The lowest BCUT2D eigenvalue weighted by Gasteiger charge is -2.12. The van der Waals surface area contributed by atoms with Gasteiger partial charge in [-0.05, 0) is 43.3 Å². The third-order valence-corrected chi connectivity index (χ3v) is 3.88. The highest BCUT2D eigenvalue weighted by Crippen LogP contribution is 2.32. The summed E-state index contributed by atoms with van der Waals surface area (Å²) in [7, 11) is 0. The van der Waals surface area contributed by atoms with Gasteiger partial charge in [0.15, 0.2) is 0 Å². The smallest absolute Gasteiger partial charge is 0.132 e. The van der Waals surface area contributed by atoms with E-state index in [1.165, 1.54) is 12.1 Å². The molecule has 3 aromatic rings. The number of aromatic nitrogens is 2. The summed E-state index contributed by atoms with van der Waals surface area (Å²) in [6.45, 7) is 1.82. The van der Waals surface area contributed by atoms with Crippen molar-refractivity contribution in [2.24, 2.45) is 0 Å². The molecule has 0 bridgehead atoms. The maximum atomic E-state index is 13.3. The molecule has 0 amide bonds. The number of benzene rings is 2. The van der Waals surface area contributed by atoms with E-state index in [0.29, 0.717) is 16.5 Å². The first-order valence-electron chi connectivity index (χ1n) is 6.25. The fourth-order valence-corrected chi connectivity index (χ4v) is 2.81. The average molecular weight is 344 g/mol. The topological polar surface area (TPSA) is 17.8 Å². The van der Waals surface area contributed by atoms with Crippen LogP contribution in [0.2, 0.25) is 10.0 Å². The molecule has 2 nitrogen and oxygen atoms in total. The molecule has 0 aliphatic heterocycles. The highest BCUT2D eigenvalue weighted by molar-refractivity contribution is 6.32. The minimum atomic E-state index is -0.397. The molecular weight excluding hydrogens is 334 g/mol. The van der Waals surface area contributed by atoms with Gasteiger partial charge >= 0.3 is 0 Å². The number of imidazole rings is 1. The normalized spacial score (nSPS) is 12.8. The molecule has 1 aromatic heterocycles. The zero-order valence-corrected chi connectivity index (χ0v) is 13.2. The summed E-state index contributed by atoms with van der Waals surface area (Å²) in [5.74, 6) is 0.231. The zero-order valence-electron chi connectivity index (χ0n) is 10.9. The van der Waals surface area contributed by atoms with Crippen LogP contribution in [0.5, 0.6) is 0 Å². The minimum Gasteiger partial charge on any atom is -0.293 e. The summed E-state index contributed by atoms with van der Waals surface area (Å²) >= 11 is 18.5. The largest absolute Gasteiger partial charge is 0.293 e. The molecule has 0 saturated heterocycles. The maximum Gasteiger partial charge on any atom is 0.132 e. The number of hydrogen-bond acceptors (Lipinski definition) is 1. The summed E-state index contributed by atoms with van der Waals surface area (Å²) in [6.07, 6.45) is 0. The molecule has 0 N–H and O–H groups in total. The van der Waals surface area contributed by atoms with Crippen molar-refractivity contribution in [2.45, 2.75) is 12.3 Å². The van der Waals surface area contributed by atoms with Crippen molar-refractivity contribution < 1.29 is 4.39 Å². The van der Waals surface area contributed by atoms with Crippen molar-refractivity contribution >= 4 is 45.8 Å². The lowest BCUT2D eigenvalue weighted by Crippen LogP contribution is -2.02. The molecule has 6 heteroatoms. The molecule has 3 rings (SSSR count). The summed E-state index contributed by atoms with van der Waals surface area (Å²) in [5, 5.41) is 0.529. The van der Waals surface area contributed by atoms with Crippen LogP contribution in [0.4, 0.5) is 4.39 Å². The second-order valence-electron chi connectivity index (χ2n) is 4.65. The Balaban J connectivity index is 2.38. The van der Waals surface area contributed by atoms with Crippen LogP contribution in [0.15, 0.2) is 36.4 Å². The van der Waals surface area contributed by atoms with Crippen LogP contribution in [0.3, 0.4) is 0 Å². The van der Waals surface area contributed by atoms with Crippen molar-refractivity contribution in [1.82, 2.24) is 9.55 Å². The summed E-state index contributed by atoms with van der Waals surface area (Å²) < 4.78 is 15.1. The summed E-state index contributed by atoms with van der Waals surface area (Å²) in [5.41, 5.74) is 2.14. The van der Waals surface area contributed by atoms with E-state index in [2.05, 4.69) is 4.98 Å². The third-order valence-electron chi connectivity index (χ3n) is 3.15. The predicted molar refractivity (Wildman–Crippen MR) is 85.3 cm³/mol. The summed E-state index contributed by atoms with van der Waals surface area (Å²) in [4.78, 5) is 4.51. The Morgan fingerprint density at radius 3 is 2.57 bits per heavy atom. The van der Waals surface area contributed by atoms with Crippen LogP contribution >= 0.6 is 34.8 Å². The molecule has 1 heterocycles. The van der Waals surface area contributed by atoms with Gasteiger partial charge in [-0.15, -0.1) is 11.6 Å². The first kappa shape index (κ1) is 14.6. The monoisotopic (exact) mass is 342 g/mol. The molecule has 0 radical (unpaired) electrons. The molecular formula is C15H10Cl3FN2. The Hall–Kier alpha value is -1.29. The van der Waals surface area contributed by atoms with E-state index in [-0.39, 0.29) is 10.4 Å². The zero-order chi connectivity index (χ0) is 15.1. The molecule has 1 atom stereocenters.